The van der Waals surface area contributed by atoms with Crippen LogP contribution in [0.1, 0.15) is 42.1 Å². The minimum Gasteiger partial charge on any atom is -0.496 e. The molecule has 1 unspecified atom stereocenters. The van der Waals surface area contributed by atoms with E-state index in [0.717, 1.165) is 70.0 Å². The first-order valence-electron chi connectivity index (χ1n) is 16.9. The summed E-state index contributed by atoms with van der Waals surface area (Å²) in [5, 5.41) is 11.5. The molecule has 0 bridgehead atoms. The highest BCUT2D eigenvalue weighted by molar-refractivity contribution is 5.98. The Bertz CT molecular complexity index is 1870. The van der Waals surface area contributed by atoms with Gasteiger partial charge < -0.3 is 24.0 Å². The molecule has 0 saturated carbocycles. The van der Waals surface area contributed by atoms with Crippen molar-refractivity contribution in [2.45, 2.75) is 38.1 Å². The number of para-hydroxylation sites is 2. The number of likely N-dealkylation sites (tertiary alicyclic amines) is 1. The Morgan fingerprint density at radius 1 is 0.979 bits per heavy atom. The molecule has 1 atom stereocenters. The minimum absolute atomic E-state index is 0.0363. The van der Waals surface area contributed by atoms with Crippen molar-refractivity contribution in [3.8, 4) is 11.4 Å². The topological polar surface area (TPSA) is 97.4 Å². The van der Waals surface area contributed by atoms with Gasteiger partial charge in [0.05, 0.1) is 29.4 Å². The third kappa shape index (κ3) is 6.29. The van der Waals surface area contributed by atoms with Crippen LogP contribution in [0.15, 0.2) is 91.3 Å². The number of carbonyl (C=O) groups excluding carboxylic acids is 1. The summed E-state index contributed by atoms with van der Waals surface area (Å²) in [6.45, 7) is 9.12. The molecule has 48 heavy (non-hydrogen) atoms. The molecule has 0 aliphatic carbocycles. The number of benzene rings is 3. The molecule has 11 nitrogen and oxygen atoms in total. The van der Waals surface area contributed by atoms with E-state index in [1.54, 1.807) is 11.8 Å². The molecule has 0 spiro atoms. The van der Waals surface area contributed by atoms with E-state index in [9.17, 15) is 4.79 Å². The zero-order valence-corrected chi connectivity index (χ0v) is 27.8. The smallest absolute Gasteiger partial charge is 0.257 e. The van der Waals surface area contributed by atoms with Crippen LogP contribution in [0.2, 0.25) is 0 Å². The van der Waals surface area contributed by atoms with Gasteiger partial charge in [0.2, 0.25) is 5.95 Å². The molecular formula is C37H43N9O2. The van der Waals surface area contributed by atoms with Gasteiger partial charge in [-0.25, -0.2) is 9.67 Å². The van der Waals surface area contributed by atoms with Crippen LogP contribution >= 0.6 is 0 Å². The number of imidazole rings is 1. The molecule has 3 aromatic carbocycles. The van der Waals surface area contributed by atoms with Gasteiger partial charge in [0.25, 0.3) is 5.91 Å². The van der Waals surface area contributed by atoms with Crippen LogP contribution in [0.4, 0.5) is 5.95 Å². The van der Waals surface area contributed by atoms with Gasteiger partial charge in [-0.05, 0) is 85.6 Å². The van der Waals surface area contributed by atoms with Crippen LogP contribution in [0.5, 0.6) is 5.75 Å². The fourth-order valence-corrected chi connectivity index (χ4v) is 7.34. The van der Waals surface area contributed by atoms with Crippen molar-refractivity contribution in [3.05, 3.63) is 102 Å². The standard InChI is InChI=1S/C37H43N9O2/c1-3-4-21-45-33-14-9-8-13-32(33)39-36(45)43-20-10-19-42(24-25-43)22-17-37(29-11-6-5-7-12-29)18-23-44(27-37)35(47)31-26-30(15-16-34(31)48-2)46-28-38-40-41-46/h3-9,11-16,26,28H,10,17-25,27H2,1-2H3/b4-3+. The highest BCUT2D eigenvalue weighted by Gasteiger charge is 2.42. The lowest BCUT2D eigenvalue weighted by Crippen LogP contribution is -2.39. The zero-order valence-electron chi connectivity index (χ0n) is 27.8. The van der Waals surface area contributed by atoms with Crippen LogP contribution < -0.4 is 9.64 Å². The number of nitrogens with zero attached hydrogens (tertiary/aromatic N) is 9. The maximum absolute atomic E-state index is 14.1. The lowest BCUT2D eigenvalue weighted by atomic mass is 9.76. The van der Waals surface area contributed by atoms with Crippen LogP contribution in [0, 0.1) is 0 Å². The summed E-state index contributed by atoms with van der Waals surface area (Å²) in [6.07, 6.45) is 8.78. The van der Waals surface area contributed by atoms with E-state index in [1.807, 2.05) is 23.1 Å². The summed E-state index contributed by atoms with van der Waals surface area (Å²) in [5.74, 6) is 1.56. The third-order valence-corrected chi connectivity index (χ3v) is 9.99. The van der Waals surface area contributed by atoms with Crippen molar-refractivity contribution in [2.75, 3.05) is 57.8 Å². The number of amides is 1. The molecule has 2 fully saturated rings. The lowest BCUT2D eigenvalue weighted by Gasteiger charge is -2.33. The molecule has 5 aromatic rings. The molecule has 4 heterocycles. The zero-order chi connectivity index (χ0) is 32.9. The highest BCUT2D eigenvalue weighted by Crippen LogP contribution is 2.39. The van der Waals surface area contributed by atoms with Gasteiger partial charge in [0, 0.05) is 44.7 Å². The van der Waals surface area contributed by atoms with Gasteiger partial charge in [0.15, 0.2) is 0 Å². The Labute approximate surface area is 281 Å². The van der Waals surface area contributed by atoms with Crippen LogP contribution in [0.25, 0.3) is 16.7 Å². The summed E-state index contributed by atoms with van der Waals surface area (Å²) in [6, 6.07) is 24.7. The molecule has 248 valence electrons. The van der Waals surface area contributed by atoms with Crippen LogP contribution in [0.3, 0.4) is 0 Å². The Hall–Kier alpha value is -5.03. The first-order chi connectivity index (χ1) is 23.6. The molecule has 2 aliphatic rings. The third-order valence-electron chi connectivity index (χ3n) is 9.99. The molecule has 7 rings (SSSR count). The van der Waals surface area contributed by atoms with E-state index >= 15 is 0 Å². The first-order valence-corrected chi connectivity index (χ1v) is 16.9. The number of aromatic nitrogens is 6. The number of hydrogen-bond acceptors (Lipinski definition) is 8. The Kier molecular flexibility index (Phi) is 9.20. The number of rotatable bonds is 10. The van der Waals surface area contributed by atoms with E-state index in [-0.39, 0.29) is 11.3 Å². The van der Waals surface area contributed by atoms with Gasteiger partial charge in [-0.15, -0.1) is 5.10 Å². The summed E-state index contributed by atoms with van der Waals surface area (Å²) < 4.78 is 9.52. The van der Waals surface area contributed by atoms with Gasteiger partial charge in [0.1, 0.15) is 12.1 Å². The van der Waals surface area contributed by atoms with E-state index in [1.165, 1.54) is 17.4 Å². The monoisotopic (exact) mass is 645 g/mol. The average Bonchev–Trinajstić information content (AvgIpc) is 3.87. The quantitative estimate of drug-likeness (QED) is 0.196. The fraction of sp³-hybridized carbons (Fsp3) is 0.378. The second-order valence-electron chi connectivity index (χ2n) is 12.8. The molecule has 0 radical (unpaired) electrons. The number of allylic oxidation sites excluding steroid dienone is 2. The summed E-state index contributed by atoms with van der Waals surface area (Å²) in [7, 11) is 1.60. The van der Waals surface area contributed by atoms with E-state index in [2.05, 4.69) is 104 Å². The van der Waals surface area contributed by atoms with Crippen molar-refractivity contribution in [1.82, 2.24) is 39.6 Å². The Balaban J connectivity index is 1.07. The number of fused-ring (bicyclic) bond motifs is 1. The first kappa shape index (κ1) is 31.6. The van der Waals surface area contributed by atoms with Crippen molar-refractivity contribution in [3.63, 3.8) is 0 Å². The van der Waals surface area contributed by atoms with Gasteiger partial charge in [-0.2, -0.15) is 0 Å². The molecule has 2 aliphatic heterocycles. The summed E-state index contributed by atoms with van der Waals surface area (Å²) >= 11 is 0. The SMILES string of the molecule is C/C=C/Cn1c(N2CCCN(CCC3(c4ccccc4)CCN(C(=O)c4cc(-n5cnnn5)ccc4OC)C3)CC2)nc2ccccc21. The van der Waals surface area contributed by atoms with Crippen LogP contribution in [-0.4, -0.2) is 98.4 Å². The number of methoxy groups -OCH3 is 1. The molecule has 2 saturated heterocycles. The van der Waals surface area contributed by atoms with Crippen molar-refractivity contribution >= 4 is 22.9 Å². The van der Waals surface area contributed by atoms with Crippen molar-refractivity contribution in [2.24, 2.45) is 0 Å². The van der Waals surface area contributed by atoms with E-state index in [0.29, 0.717) is 30.1 Å². The van der Waals surface area contributed by atoms with Crippen molar-refractivity contribution < 1.29 is 9.53 Å². The minimum atomic E-state index is -0.135. The summed E-state index contributed by atoms with van der Waals surface area (Å²) in [4.78, 5) is 26.2. The van der Waals surface area contributed by atoms with Gasteiger partial charge >= 0.3 is 0 Å². The Morgan fingerprint density at radius 2 is 1.83 bits per heavy atom. The number of anilines is 1. The van der Waals surface area contributed by atoms with Crippen LogP contribution in [-0.2, 0) is 12.0 Å². The van der Waals surface area contributed by atoms with Gasteiger partial charge in [-0.3, -0.25) is 4.79 Å². The summed E-state index contributed by atoms with van der Waals surface area (Å²) in [5.41, 5.74) is 4.61. The van der Waals surface area contributed by atoms with E-state index in [4.69, 9.17) is 9.72 Å². The van der Waals surface area contributed by atoms with Gasteiger partial charge in [-0.1, -0.05) is 54.6 Å². The number of hydrogen-bond donors (Lipinski definition) is 0. The highest BCUT2D eigenvalue weighted by atomic mass is 16.5. The maximum Gasteiger partial charge on any atom is 0.257 e. The predicted octanol–water partition coefficient (Wildman–Crippen LogP) is 4.98. The second kappa shape index (κ2) is 14.0. The average molecular weight is 646 g/mol. The maximum atomic E-state index is 14.1. The Morgan fingerprint density at radius 3 is 2.65 bits per heavy atom. The predicted molar refractivity (Wildman–Crippen MR) is 187 cm³/mol. The molecule has 1 amide bonds. The number of ether oxygens (including phenoxy) is 1. The largest absolute Gasteiger partial charge is 0.496 e. The second-order valence-corrected chi connectivity index (χ2v) is 12.8. The lowest BCUT2D eigenvalue weighted by molar-refractivity contribution is 0.0777. The van der Waals surface area contributed by atoms with E-state index < -0.39 is 0 Å². The number of carbonyl (C=O) groups is 1. The molecule has 11 heteroatoms. The fourth-order valence-electron chi connectivity index (χ4n) is 7.34. The molecular weight excluding hydrogens is 602 g/mol. The molecule has 0 N–H and O–H groups in total. The normalized spacial score (nSPS) is 19.0. The van der Waals surface area contributed by atoms with Crippen molar-refractivity contribution in [1.29, 1.82) is 0 Å². The number of tetrazole rings is 1. The molecule has 2 aromatic heterocycles.